The summed E-state index contributed by atoms with van der Waals surface area (Å²) in [7, 11) is 0. The van der Waals surface area contributed by atoms with Gasteiger partial charge in [-0.25, -0.2) is 4.98 Å². The first kappa shape index (κ1) is 15.7. The van der Waals surface area contributed by atoms with E-state index in [1.165, 1.54) is 0 Å². The predicted molar refractivity (Wildman–Crippen MR) is 100 cm³/mol. The van der Waals surface area contributed by atoms with Crippen molar-refractivity contribution in [1.29, 1.82) is 0 Å². The van der Waals surface area contributed by atoms with Crippen molar-refractivity contribution in [3.8, 4) is 0 Å². The average molecular weight is 351 g/mol. The standard InChI is InChI=1S/C20H15ClN2O2/c1-11-4-6-16(15(21)7-11)22-19(24)18-10-14-9-13-5-3-12(2)8-17(13)23-20(14)25-18/h3-10H,1-2H3,(H,22,24). The number of aryl methyl sites for hydroxylation is 2. The molecule has 1 amide bonds. The van der Waals surface area contributed by atoms with Gasteiger partial charge in [0.25, 0.3) is 5.91 Å². The molecule has 0 saturated heterocycles. The molecule has 124 valence electrons. The fraction of sp³-hybridized carbons (Fsp3) is 0.100. The third-order valence-electron chi connectivity index (χ3n) is 4.06. The van der Waals surface area contributed by atoms with E-state index in [9.17, 15) is 4.79 Å². The smallest absolute Gasteiger partial charge is 0.291 e. The molecule has 4 aromatic rings. The Labute approximate surface area is 149 Å². The zero-order valence-electron chi connectivity index (χ0n) is 13.8. The number of rotatable bonds is 2. The largest absolute Gasteiger partial charge is 0.433 e. The second-order valence-electron chi connectivity index (χ2n) is 6.13. The Bertz CT molecular complexity index is 1130. The van der Waals surface area contributed by atoms with Crippen LogP contribution < -0.4 is 5.32 Å². The van der Waals surface area contributed by atoms with Crippen molar-refractivity contribution < 1.29 is 9.21 Å². The first-order valence-electron chi connectivity index (χ1n) is 7.88. The number of hydrogen-bond acceptors (Lipinski definition) is 3. The van der Waals surface area contributed by atoms with Gasteiger partial charge < -0.3 is 9.73 Å². The monoisotopic (exact) mass is 350 g/mol. The minimum atomic E-state index is -0.357. The van der Waals surface area contributed by atoms with Crippen LogP contribution in [-0.4, -0.2) is 10.9 Å². The quantitative estimate of drug-likeness (QED) is 0.519. The Morgan fingerprint density at radius 3 is 2.56 bits per heavy atom. The molecule has 0 radical (unpaired) electrons. The maximum absolute atomic E-state index is 12.5. The maximum Gasteiger partial charge on any atom is 0.291 e. The van der Waals surface area contributed by atoms with Crippen molar-refractivity contribution in [1.82, 2.24) is 4.98 Å². The van der Waals surface area contributed by atoms with E-state index < -0.39 is 0 Å². The number of fused-ring (bicyclic) bond motifs is 2. The van der Waals surface area contributed by atoms with Crippen LogP contribution in [0.3, 0.4) is 0 Å². The van der Waals surface area contributed by atoms with Crippen molar-refractivity contribution in [2.45, 2.75) is 13.8 Å². The van der Waals surface area contributed by atoms with Gasteiger partial charge in [-0.05, 0) is 55.3 Å². The van der Waals surface area contributed by atoms with Crippen LogP contribution >= 0.6 is 11.6 Å². The van der Waals surface area contributed by atoms with Crippen LogP contribution in [0.5, 0.6) is 0 Å². The Balaban J connectivity index is 1.70. The molecular weight excluding hydrogens is 336 g/mol. The minimum Gasteiger partial charge on any atom is -0.433 e. The summed E-state index contributed by atoms with van der Waals surface area (Å²) in [5, 5.41) is 5.06. The van der Waals surface area contributed by atoms with Gasteiger partial charge in [0.2, 0.25) is 5.71 Å². The maximum atomic E-state index is 12.5. The molecule has 0 bridgehead atoms. The number of amides is 1. The summed E-state index contributed by atoms with van der Waals surface area (Å²) in [6.45, 7) is 3.95. The zero-order chi connectivity index (χ0) is 17.6. The second-order valence-corrected chi connectivity index (χ2v) is 6.53. The highest BCUT2D eigenvalue weighted by Gasteiger charge is 2.15. The van der Waals surface area contributed by atoms with Gasteiger partial charge in [0.05, 0.1) is 16.2 Å². The van der Waals surface area contributed by atoms with Crippen LogP contribution in [0.4, 0.5) is 5.69 Å². The fourth-order valence-electron chi connectivity index (χ4n) is 2.75. The molecule has 0 atom stereocenters. The van der Waals surface area contributed by atoms with Crippen LogP contribution in [0.1, 0.15) is 21.7 Å². The highest BCUT2D eigenvalue weighted by Crippen LogP contribution is 2.26. The first-order chi connectivity index (χ1) is 12.0. The van der Waals surface area contributed by atoms with Gasteiger partial charge in [0, 0.05) is 10.8 Å². The Morgan fingerprint density at radius 2 is 1.76 bits per heavy atom. The number of benzene rings is 2. The lowest BCUT2D eigenvalue weighted by atomic mass is 10.1. The van der Waals surface area contributed by atoms with E-state index in [2.05, 4.69) is 10.3 Å². The number of pyridine rings is 1. The summed E-state index contributed by atoms with van der Waals surface area (Å²) in [5.41, 5.74) is 3.98. The van der Waals surface area contributed by atoms with Gasteiger partial charge in [0.1, 0.15) is 0 Å². The highest BCUT2D eigenvalue weighted by molar-refractivity contribution is 6.34. The van der Waals surface area contributed by atoms with E-state index in [0.29, 0.717) is 16.4 Å². The molecular formula is C20H15ClN2O2. The lowest BCUT2D eigenvalue weighted by Gasteiger charge is -2.06. The van der Waals surface area contributed by atoms with Gasteiger partial charge in [-0.3, -0.25) is 4.79 Å². The van der Waals surface area contributed by atoms with E-state index in [-0.39, 0.29) is 11.7 Å². The highest BCUT2D eigenvalue weighted by atomic mass is 35.5. The molecule has 4 nitrogen and oxygen atoms in total. The Hall–Kier alpha value is -2.85. The number of halogens is 1. The number of anilines is 1. The van der Waals surface area contributed by atoms with Crippen molar-refractivity contribution in [3.63, 3.8) is 0 Å². The summed E-state index contributed by atoms with van der Waals surface area (Å²) in [6.07, 6.45) is 0. The van der Waals surface area contributed by atoms with E-state index in [4.69, 9.17) is 16.0 Å². The number of nitrogens with one attached hydrogen (secondary N) is 1. The van der Waals surface area contributed by atoms with Crippen molar-refractivity contribution in [3.05, 3.63) is 70.4 Å². The minimum absolute atomic E-state index is 0.200. The predicted octanol–water partition coefficient (Wildman–Crippen LogP) is 5.50. The average Bonchev–Trinajstić information content (AvgIpc) is 2.98. The van der Waals surface area contributed by atoms with Crippen molar-refractivity contribution >= 4 is 45.2 Å². The second kappa shape index (κ2) is 5.90. The Kier molecular flexibility index (Phi) is 3.70. The van der Waals surface area contributed by atoms with E-state index in [0.717, 1.165) is 27.4 Å². The number of carbonyl (C=O) groups is 1. The Morgan fingerprint density at radius 1 is 1.00 bits per heavy atom. The molecule has 0 aliphatic rings. The normalized spacial score (nSPS) is 11.2. The first-order valence-corrected chi connectivity index (χ1v) is 8.26. The summed E-state index contributed by atoms with van der Waals surface area (Å²) in [6, 6.07) is 15.1. The number of aromatic nitrogens is 1. The van der Waals surface area contributed by atoms with Crippen LogP contribution in [0.15, 0.2) is 52.9 Å². The van der Waals surface area contributed by atoms with Gasteiger partial charge >= 0.3 is 0 Å². The van der Waals surface area contributed by atoms with Gasteiger partial charge in [-0.2, -0.15) is 0 Å². The molecule has 0 fully saturated rings. The number of nitrogens with zero attached hydrogens (tertiary/aromatic N) is 1. The molecule has 2 heterocycles. The van der Waals surface area contributed by atoms with Gasteiger partial charge in [-0.15, -0.1) is 0 Å². The number of hydrogen-bond donors (Lipinski definition) is 1. The summed E-state index contributed by atoms with van der Waals surface area (Å²) < 4.78 is 5.65. The molecule has 1 N–H and O–H groups in total. The van der Waals surface area contributed by atoms with Crippen LogP contribution in [0.2, 0.25) is 5.02 Å². The molecule has 25 heavy (non-hydrogen) atoms. The van der Waals surface area contributed by atoms with Gasteiger partial charge in [0.15, 0.2) is 5.76 Å². The zero-order valence-corrected chi connectivity index (χ0v) is 14.5. The molecule has 2 aromatic carbocycles. The van der Waals surface area contributed by atoms with Crippen molar-refractivity contribution in [2.24, 2.45) is 0 Å². The van der Waals surface area contributed by atoms with Crippen LogP contribution in [0, 0.1) is 13.8 Å². The topological polar surface area (TPSA) is 55.1 Å². The fourth-order valence-corrected chi connectivity index (χ4v) is 3.04. The summed E-state index contributed by atoms with van der Waals surface area (Å²) >= 11 is 6.17. The molecule has 0 saturated carbocycles. The molecule has 0 spiro atoms. The van der Waals surface area contributed by atoms with Crippen molar-refractivity contribution in [2.75, 3.05) is 5.32 Å². The van der Waals surface area contributed by atoms with E-state index in [1.807, 2.05) is 44.2 Å². The van der Waals surface area contributed by atoms with Gasteiger partial charge in [-0.1, -0.05) is 29.8 Å². The number of furan rings is 1. The molecule has 0 unspecified atom stereocenters. The molecule has 2 aromatic heterocycles. The molecule has 4 rings (SSSR count). The lowest BCUT2D eigenvalue weighted by Crippen LogP contribution is -2.11. The lowest BCUT2D eigenvalue weighted by molar-refractivity contribution is 0.0998. The molecule has 0 aliphatic heterocycles. The SMILES string of the molecule is Cc1ccc(NC(=O)c2cc3cc4ccc(C)cc4nc3o2)c(Cl)c1. The summed E-state index contributed by atoms with van der Waals surface area (Å²) in [5.74, 6) is -0.157. The number of carbonyl (C=O) groups excluding carboxylic acids is 1. The third kappa shape index (κ3) is 2.96. The molecule has 5 heteroatoms. The van der Waals surface area contributed by atoms with E-state index >= 15 is 0 Å². The van der Waals surface area contributed by atoms with E-state index in [1.54, 1.807) is 18.2 Å². The summed E-state index contributed by atoms with van der Waals surface area (Å²) in [4.78, 5) is 17.0. The molecule has 0 aliphatic carbocycles. The van der Waals surface area contributed by atoms with Crippen LogP contribution in [-0.2, 0) is 0 Å². The third-order valence-corrected chi connectivity index (χ3v) is 4.37. The van der Waals surface area contributed by atoms with Crippen LogP contribution in [0.25, 0.3) is 22.0 Å².